The third-order valence-electron chi connectivity index (χ3n) is 4.87. The normalized spacial score (nSPS) is 26.8. The molecule has 2 aliphatic rings. The summed E-state index contributed by atoms with van der Waals surface area (Å²) in [5.41, 5.74) is 8.96. The highest BCUT2D eigenvalue weighted by molar-refractivity contribution is 5.79. The molecular formula is C17H24N2O. The lowest BCUT2D eigenvalue weighted by atomic mass is 9.84. The first-order valence-electron chi connectivity index (χ1n) is 7.87. The Morgan fingerprint density at radius 1 is 1.05 bits per heavy atom. The van der Waals surface area contributed by atoms with E-state index < -0.39 is 0 Å². The van der Waals surface area contributed by atoms with Crippen molar-refractivity contribution in [2.75, 3.05) is 13.1 Å². The molecule has 0 bridgehead atoms. The molecular weight excluding hydrogens is 248 g/mol. The number of benzene rings is 1. The maximum atomic E-state index is 12.7. The predicted octanol–water partition coefficient (Wildman–Crippen LogP) is 2.13. The standard InChI is InChI=1S/C17H24N2O/c18-16-8-4-3-7-15(16)17(20)19-11-9-13-5-1-2-6-14(13)10-12-19/h1-2,5-6,15-16H,3-4,7-12,18H2. The number of rotatable bonds is 1. The van der Waals surface area contributed by atoms with Gasteiger partial charge in [0.25, 0.3) is 0 Å². The molecule has 1 aromatic carbocycles. The van der Waals surface area contributed by atoms with E-state index in [1.807, 2.05) is 0 Å². The third kappa shape index (κ3) is 2.73. The van der Waals surface area contributed by atoms with E-state index in [0.29, 0.717) is 5.91 Å². The maximum Gasteiger partial charge on any atom is 0.227 e. The van der Waals surface area contributed by atoms with Gasteiger partial charge in [0.15, 0.2) is 0 Å². The lowest BCUT2D eigenvalue weighted by Crippen LogP contribution is -2.46. The van der Waals surface area contributed by atoms with E-state index in [9.17, 15) is 4.79 Å². The number of carbonyl (C=O) groups excluding carboxylic acids is 1. The van der Waals surface area contributed by atoms with Crippen molar-refractivity contribution in [2.45, 2.75) is 44.6 Å². The van der Waals surface area contributed by atoms with E-state index in [2.05, 4.69) is 29.2 Å². The average molecular weight is 272 g/mol. The first-order valence-corrected chi connectivity index (χ1v) is 7.87. The van der Waals surface area contributed by atoms with Gasteiger partial charge in [-0.1, -0.05) is 37.1 Å². The Balaban J connectivity index is 1.68. The molecule has 2 N–H and O–H groups in total. The third-order valence-corrected chi connectivity index (χ3v) is 4.87. The molecule has 0 spiro atoms. The minimum Gasteiger partial charge on any atom is -0.342 e. The summed E-state index contributed by atoms with van der Waals surface area (Å²) in [7, 11) is 0. The number of fused-ring (bicyclic) bond motifs is 1. The van der Waals surface area contributed by atoms with Crippen LogP contribution >= 0.6 is 0 Å². The van der Waals surface area contributed by atoms with Crippen LogP contribution in [0.4, 0.5) is 0 Å². The summed E-state index contributed by atoms with van der Waals surface area (Å²) in [4.78, 5) is 14.8. The molecule has 1 fully saturated rings. The van der Waals surface area contributed by atoms with Crippen LogP contribution in [0, 0.1) is 5.92 Å². The number of amides is 1. The van der Waals surface area contributed by atoms with Gasteiger partial charge in [0.2, 0.25) is 5.91 Å². The van der Waals surface area contributed by atoms with Crippen molar-refractivity contribution >= 4 is 5.91 Å². The second-order valence-corrected chi connectivity index (χ2v) is 6.15. The van der Waals surface area contributed by atoms with Gasteiger partial charge < -0.3 is 10.6 Å². The Bertz CT molecular complexity index is 459. The molecule has 2 unspecified atom stereocenters. The lowest BCUT2D eigenvalue weighted by Gasteiger charge is -2.32. The molecule has 1 amide bonds. The Labute approximate surface area is 121 Å². The van der Waals surface area contributed by atoms with Crippen LogP contribution < -0.4 is 5.73 Å². The van der Waals surface area contributed by atoms with Crippen molar-refractivity contribution in [3.63, 3.8) is 0 Å². The molecule has 0 saturated heterocycles. The molecule has 108 valence electrons. The van der Waals surface area contributed by atoms with E-state index >= 15 is 0 Å². The zero-order chi connectivity index (χ0) is 13.9. The molecule has 1 aliphatic heterocycles. The Kier molecular flexibility index (Phi) is 4.06. The molecule has 1 heterocycles. The fourth-order valence-electron chi connectivity index (χ4n) is 3.59. The average Bonchev–Trinajstić information content (AvgIpc) is 2.70. The van der Waals surface area contributed by atoms with Crippen molar-refractivity contribution in [3.05, 3.63) is 35.4 Å². The van der Waals surface area contributed by atoms with Gasteiger partial charge in [-0.3, -0.25) is 4.79 Å². The number of nitrogens with zero attached hydrogens (tertiary/aromatic N) is 1. The van der Waals surface area contributed by atoms with Gasteiger partial charge in [-0.2, -0.15) is 0 Å². The van der Waals surface area contributed by atoms with Crippen LogP contribution in [0.1, 0.15) is 36.8 Å². The highest BCUT2D eigenvalue weighted by Crippen LogP contribution is 2.26. The second-order valence-electron chi connectivity index (χ2n) is 6.15. The number of carbonyl (C=O) groups is 1. The van der Waals surface area contributed by atoms with Gasteiger partial charge in [-0.25, -0.2) is 0 Å². The van der Waals surface area contributed by atoms with E-state index in [4.69, 9.17) is 5.73 Å². The van der Waals surface area contributed by atoms with Gasteiger partial charge in [0, 0.05) is 19.1 Å². The van der Waals surface area contributed by atoms with E-state index in [-0.39, 0.29) is 12.0 Å². The molecule has 3 nitrogen and oxygen atoms in total. The molecule has 1 saturated carbocycles. The van der Waals surface area contributed by atoms with Crippen molar-refractivity contribution in [2.24, 2.45) is 11.7 Å². The van der Waals surface area contributed by atoms with Crippen LogP contribution in [0.25, 0.3) is 0 Å². The Morgan fingerprint density at radius 2 is 1.65 bits per heavy atom. The molecule has 0 aromatic heterocycles. The summed E-state index contributed by atoms with van der Waals surface area (Å²) in [6.45, 7) is 1.69. The van der Waals surface area contributed by atoms with Crippen LogP contribution in [-0.4, -0.2) is 29.9 Å². The monoisotopic (exact) mass is 272 g/mol. The summed E-state index contributed by atoms with van der Waals surface area (Å²) in [6, 6.07) is 8.63. The maximum absolute atomic E-state index is 12.7. The second kappa shape index (κ2) is 5.96. The summed E-state index contributed by atoms with van der Waals surface area (Å²) in [6.07, 6.45) is 6.26. The fourth-order valence-corrected chi connectivity index (χ4v) is 3.59. The van der Waals surface area contributed by atoms with E-state index in [1.165, 1.54) is 17.5 Å². The summed E-state index contributed by atoms with van der Waals surface area (Å²) < 4.78 is 0. The Hall–Kier alpha value is -1.35. The van der Waals surface area contributed by atoms with Crippen LogP contribution in [0.2, 0.25) is 0 Å². The topological polar surface area (TPSA) is 46.3 Å². The lowest BCUT2D eigenvalue weighted by molar-refractivity contribution is -0.137. The SMILES string of the molecule is NC1CCCCC1C(=O)N1CCc2ccccc2CC1. The highest BCUT2D eigenvalue weighted by atomic mass is 16.2. The van der Waals surface area contributed by atoms with Crippen LogP contribution in [0.15, 0.2) is 24.3 Å². The van der Waals surface area contributed by atoms with Crippen molar-refractivity contribution in [1.29, 1.82) is 0 Å². The quantitative estimate of drug-likeness (QED) is 0.851. The van der Waals surface area contributed by atoms with Crippen molar-refractivity contribution in [3.8, 4) is 0 Å². The van der Waals surface area contributed by atoms with Crippen molar-refractivity contribution in [1.82, 2.24) is 4.90 Å². The summed E-state index contributed by atoms with van der Waals surface area (Å²) in [5.74, 6) is 0.356. The minimum atomic E-state index is 0.0602. The molecule has 1 aliphatic carbocycles. The molecule has 2 atom stereocenters. The predicted molar refractivity (Wildman–Crippen MR) is 80.4 cm³/mol. The Morgan fingerprint density at radius 3 is 2.25 bits per heavy atom. The van der Waals surface area contributed by atoms with Gasteiger partial charge in [-0.05, 0) is 36.8 Å². The zero-order valence-corrected chi connectivity index (χ0v) is 12.1. The van der Waals surface area contributed by atoms with E-state index in [1.54, 1.807) is 0 Å². The van der Waals surface area contributed by atoms with Gasteiger partial charge in [-0.15, -0.1) is 0 Å². The number of hydrogen-bond acceptors (Lipinski definition) is 2. The smallest absolute Gasteiger partial charge is 0.227 e. The largest absolute Gasteiger partial charge is 0.342 e. The molecule has 0 radical (unpaired) electrons. The zero-order valence-electron chi connectivity index (χ0n) is 12.1. The van der Waals surface area contributed by atoms with E-state index in [0.717, 1.165) is 45.2 Å². The first-order chi connectivity index (χ1) is 9.75. The number of nitrogens with two attached hydrogens (primary N) is 1. The summed E-state index contributed by atoms with van der Waals surface area (Å²) in [5, 5.41) is 0. The van der Waals surface area contributed by atoms with Crippen molar-refractivity contribution < 1.29 is 4.79 Å². The van der Waals surface area contributed by atoms with Crippen LogP contribution in [-0.2, 0) is 17.6 Å². The van der Waals surface area contributed by atoms with Crippen LogP contribution in [0.3, 0.4) is 0 Å². The molecule has 3 heteroatoms. The first kappa shape index (κ1) is 13.6. The summed E-state index contributed by atoms with van der Waals surface area (Å²) >= 11 is 0. The number of hydrogen-bond donors (Lipinski definition) is 1. The molecule has 1 aromatic rings. The van der Waals surface area contributed by atoms with Gasteiger partial charge >= 0.3 is 0 Å². The van der Waals surface area contributed by atoms with Gasteiger partial charge in [0.1, 0.15) is 0 Å². The van der Waals surface area contributed by atoms with Gasteiger partial charge in [0.05, 0.1) is 5.92 Å². The molecule has 3 rings (SSSR count). The molecule has 20 heavy (non-hydrogen) atoms. The van der Waals surface area contributed by atoms with Crippen LogP contribution in [0.5, 0.6) is 0 Å². The fraction of sp³-hybridized carbons (Fsp3) is 0.588. The minimum absolute atomic E-state index is 0.0602. The highest BCUT2D eigenvalue weighted by Gasteiger charge is 2.32.